The van der Waals surface area contributed by atoms with Gasteiger partial charge in [0, 0.05) is 13.7 Å². The highest BCUT2D eigenvalue weighted by Crippen LogP contribution is 2.22. The van der Waals surface area contributed by atoms with E-state index in [0.29, 0.717) is 0 Å². The number of ether oxygens (including phenoxy) is 1. The SMILES string of the molecule is CCCCCC(CCCCC)CCCOC. The van der Waals surface area contributed by atoms with Crippen LogP contribution in [0.5, 0.6) is 0 Å². The van der Waals surface area contributed by atoms with Gasteiger partial charge in [-0.3, -0.25) is 0 Å². The Labute approximate surface area is 103 Å². The number of rotatable bonds is 12. The highest BCUT2D eigenvalue weighted by atomic mass is 16.5. The Hall–Kier alpha value is -0.0400. The first-order valence-corrected chi connectivity index (χ1v) is 7.34. The highest BCUT2D eigenvalue weighted by molar-refractivity contribution is 4.60. The molecule has 0 saturated heterocycles. The Morgan fingerprint density at radius 1 is 0.750 bits per heavy atom. The first-order valence-electron chi connectivity index (χ1n) is 7.34. The van der Waals surface area contributed by atoms with E-state index in [2.05, 4.69) is 13.8 Å². The van der Waals surface area contributed by atoms with Crippen LogP contribution in [0.15, 0.2) is 0 Å². The van der Waals surface area contributed by atoms with E-state index in [9.17, 15) is 0 Å². The number of methoxy groups -OCH3 is 1. The number of hydrogen-bond acceptors (Lipinski definition) is 1. The quantitative estimate of drug-likeness (QED) is 0.418. The molecule has 0 aromatic rings. The summed E-state index contributed by atoms with van der Waals surface area (Å²) in [6.07, 6.45) is 13.9. The van der Waals surface area contributed by atoms with Crippen molar-refractivity contribution < 1.29 is 4.74 Å². The van der Waals surface area contributed by atoms with Gasteiger partial charge >= 0.3 is 0 Å². The molecule has 1 nitrogen and oxygen atoms in total. The minimum Gasteiger partial charge on any atom is -0.385 e. The van der Waals surface area contributed by atoms with E-state index in [-0.39, 0.29) is 0 Å². The summed E-state index contributed by atoms with van der Waals surface area (Å²) in [5, 5.41) is 0. The van der Waals surface area contributed by atoms with Gasteiger partial charge in [0.05, 0.1) is 0 Å². The van der Waals surface area contributed by atoms with Crippen LogP contribution in [-0.4, -0.2) is 13.7 Å². The number of unbranched alkanes of at least 4 members (excludes halogenated alkanes) is 4. The van der Waals surface area contributed by atoms with Crippen molar-refractivity contribution in [2.75, 3.05) is 13.7 Å². The second-order valence-corrected chi connectivity index (χ2v) is 4.99. The van der Waals surface area contributed by atoms with Crippen LogP contribution in [0.1, 0.15) is 78.1 Å². The van der Waals surface area contributed by atoms with Crippen molar-refractivity contribution in [2.24, 2.45) is 5.92 Å². The maximum atomic E-state index is 5.14. The zero-order valence-corrected chi connectivity index (χ0v) is 11.8. The van der Waals surface area contributed by atoms with Crippen LogP contribution >= 0.6 is 0 Å². The summed E-state index contributed by atoms with van der Waals surface area (Å²) < 4.78 is 5.14. The van der Waals surface area contributed by atoms with Gasteiger partial charge in [-0.05, 0) is 18.8 Å². The second kappa shape index (κ2) is 13.0. The lowest BCUT2D eigenvalue weighted by atomic mass is 9.91. The van der Waals surface area contributed by atoms with E-state index in [1.807, 2.05) is 7.11 Å². The fraction of sp³-hybridized carbons (Fsp3) is 1.00. The van der Waals surface area contributed by atoms with Gasteiger partial charge < -0.3 is 4.74 Å². The molecule has 0 rings (SSSR count). The predicted molar refractivity (Wildman–Crippen MR) is 72.9 cm³/mol. The van der Waals surface area contributed by atoms with Crippen LogP contribution in [0.25, 0.3) is 0 Å². The van der Waals surface area contributed by atoms with Crippen molar-refractivity contribution in [1.82, 2.24) is 0 Å². The zero-order chi connectivity index (χ0) is 12.1. The fourth-order valence-electron chi connectivity index (χ4n) is 2.32. The first kappa shape index (κ1) is 16.0. The number of hydrogen-bond donors (Lipinski definition) is 0. The summed E-state index contributed by atoms with van der Waals surface area (Å²) >= 11 is 0. The molecular formula is C15H32O. The molecule has 0 heterocycles. The van der Waals surface area contributed by atoms with Crippen molar-refractivity contribution in [2.45, 2.75) is 78.1 Å². The summed E-state index contributed by atoms with van der Waals surface area (Å²) in [6, 6.07) is 0. The molecule has 1 heteroatoms. The summed E-state index contributed by atoms with van der Waals surface area (Å²) in [5.74, 6) is 0.966. The summed E-state index contributed by atoms with van der Waals surface area (Å²) in [7, 11) is 1.81. The maximum Gasteiger partial charge on any atom is 0.0462 e. The predicted octanol–water partition coefficient (Wildman–Crippen LogP) is 5.19. The Balaban J connectivity index is 3.58. The lowest BCUT2D eigenvalue weighted by Crippen LogP contribution is -2.03. The molecule has 0 unspecified atom stereocenters. The lowest BCUT2D eigenvalue weighted by molar-refractivity contribution is 0.184. The summed E-state index contributed by atoms with van der Waals surface area (Å²) in [4.78, 5) is 0. The molecule has 0 atom stereocenters. The third kappa shape index (κ3) is 10.5. The van der Waals surface area contributed by atoms with Gasteiger partial charge in [-0.15, -0.1) is 0 Å². The molecular weight excluding hydrogens is 196 g/mol. The first-order chi connectivity index (χ1) is 7.85. The van der Waals surface area contributed by atoms with Gasteiger partial charge in [0.2, 0.25) is 0 Å². The molecule has 16 heavy (non-hydrogen) atoms. The van der Waals surface area contributed by atoms with Gasteiger partial charge in [0.15, 0.2) is 0 Å². The molecule has 0 bridgehead atoms. The van der Waals surface area contributed by atoms with Crippen molar-refractivity contribution in [3.8, 4) is 0 Å². The molecule has 0 N–H and O–H groups in total. The minimum absolute atomic E-state index is 0.943. The van der Waals surface area contributed by atoms with E-state index in [1.54, 1.807) is 0 Å². The molecule has 0 aromatic carbocycles. The van der Waals surface area contributed by atoms with Gasteiger partial charge in [0.25, 0.3) is 0 Å². The van der Waals surface area contributed by atoms with Crippen LogP contribution in [0.4, 0.5) is 0 Å². The van der Waals surface area contributed by atoms with Crippen molar-refractivity contribution in [1.29, 1.82) is 0 Å². The molecule has 98 valence electrons. The van der Waals surface area contributed by atoms with Crippen LogP contribution in [-0.2, 0) is 4.74 Å². The highest BCUT2D eigenvalue weighted by Gasteiger charge is 2.07. The van der Waals surface area contributed by atoms with Crippen molar-refractivity contribution in [3.05, 3.63) is 0 Å². The largest absolute Gasteiger partial charge is 0.385 e. The van der Waals surface area contributed by atoms with Crippen molar-refractivity contribution >= 4 is 0 Å². The van der Waals surface area contributed by atoms with Gasteiger partial charge in [0.1, 0.15) is 0 Å². The van der Waals surface area contributed by atoms with Crippen LogP contribution in [0.2, 0.25) is 0 Å². The average Bonchev–Trinajstić information content (AvgIpc) is 2.29. The smallest absolute Gasteiger partial charge is 0.0462 e. The monoisotopic (exact) mass is 228 g/mol. The Bertz CT molecular complexity index is 98.8. The fourth-order valence-corrected chi connectivity index (χ4v) is 2.32. The normalized spacial score (nSPS) is 11.2. The molecule has 0 spiro atoms. The van der Waals surface area contributed by atoms with Gasteiger partial charge in [-0.25, -0.2) is 0 Å². The van der Waals surface area contributed by atoms with E-state index >= 15 is 0 Å². The molecule has 0 amide bonds. The third-order valence-electron chi connectivity index (χ3n) is 3.39. The van der Waals surface area contributed by atoms with E-state index in [4.69, 9.17) is 4.74 Å². The van der Waals surface area contributed by atoms with Crippen LogP contribution in [0.3, 0.4) is 0 Å². The molecule has 0 aliphatic heterocycles. The maximum absolute atomic E-state index is 5.14. The zero-order valence-electron chi connectivity index (χ0n) is 11.8. The molecule has 0 fully saturated rings. The van der Waals surface area contributed by atoms with E-state index in [0.717, 1.165) is 12.5 Å². The van der Waals surface area contributed by atoms with Crippen molar-refractivity contribution in [3.63, 3.8) is 0 Å². The van der Waals surface area contributed by atoms with Crippen LogP contribution < -0.4 is 0 Å². The minimum atomic E-state index is 0.943. The summed E-state index contributed by atoms with van der Waals surface area (Å²) in [5.41, 5.74) is 0. The topological polar surface area (TPSA) is 9.23 Å². The third-order valence-corrected chi connectivity index (χ3v) is 3.39. The molecule has 0 aromatic heterocycles. The lowest BCUT2D eigenvalue weighted by Gasteiger charge is -2.16. The Kier molecular flexibility index (Phi) is 13.0. The Morgan fingerprint density at radius 2 is 1.25 bits per heavy atom. The van der Waals surface area contributed by atoms with E-state index < -0.39 is 0 Å². The average molecular weight is 228 g/mol. The molecule has 0 aliphatic rings. The van der Waals surface area contributed by atoms with Crippen LogP contribution in [0, 0.1) is 5.92 Å². The van der Waals surface area contributed by atoms with Gasteiger partial charge in [-0.1, -0.05) is 65.2 Å². The molecule has 0 saturated carbocycles. The summed E-state index contributed by atoms with van der Waals surface area (Å²) in [6.45, 7) is 5.52. The van der Waals surface area contributed by atoms with Gasteiger partial charge in [-0.2, -0.15) is 0 Å². The standard InChI is InChI=1S/C15H32O/c1-4-6-8-11-15(12-9-7-5-2)13-10-14-16-3/h15H,4-14H2,1-3H3. The Morgan fingerprint density at radius 3 is 1.69 bits per heavy atom. The molecule has 0 aliphatic carbocycles. The second-order valence-electron chi connectivity index (χ2n) is 4.99. The molecule has 0 radical (unpaired) electrons. The van der Waals surface area contributed by atoms with E-state index in [1.165, 1.54) is 64.2 Å².